The van der Waals surface area contributed by atoms with Crippen molar-refractivity contribution in [3.05, 3.63) is 59.9 Å². The molecular weight excluding hydrogens is 314 g/mol. The number of ketones is 1. The van der Waals surface area contributed by atoms with Gasteiger partial charge in [0.15, 0.2) is 0 Å². The number of aromatic nitrogens is 1. The van der Waals surface area contributed by atoms with Gasteiger partial charge in [0, 0.05) is 23.7 Å². The van der Waals surface area contributed by atoms with E-state index in [0.29, 0.717) is 0 Å². The standard InChI is InChI=1S/C20H23N3O2/c1-20(2,3)17(24)12-16-19(25)23-14-9-5-4-8-13(14)18(22-16)15-10-6-7-11-21-15/h4-11,16,18,22H,12H2,1-3H3,(H,23,25). The van der Waals surface area contributed by atoms with Crippen molar-refractivity contribution >= 4 is 17.4 Å². The SMILES string of the molecule is CC(C)(C)C(=O)CC1NC(c2ccccn2)c2ccccc2NC1=O. The number of rotatable bonds is 3. The second kappa shape index (κ2) is 6.76. The van der Waals surface area contributed by atoms with Gasteiger partial charge >= 0.3 is 0 Å². The van der Waals surface area contributed by atoms with Crippen LogP contribution in [0.15, 0.2) is 48.7 Å². The van der Waals surface area contributed by atoms with Gasteiger partial charge in [-0.25, -0.2) is 0 Å². The molecule has 1 amide bonds. The first-order valence-corrected chi connectivity index (χ1v) is 8.46. The van der Waals surface area contributed by atoms with E-state index in [2.05, 4.69) is 15.6 Å². The third-order valence-electron chi connectivity index (χ3n) is 4.42. The number of benzene rings is 1. The maximum Gasteiger partial charge on any atom is 0.242 e. The van der Waals surface area contributed by atoms with Crippen molar-refractivity contribution in [2.75, 3.05) is 5.32 Å². The summed E-state index contributed by atoms with van der Waals surface area (Å²) in [6, 6.07) is 12.5. The smallest absolute Gasteiger partial charge is 0.242 e. The first-order chi connectivity index (χ1) is 11.9. The highest BCUT2D eigenvalue weighted by Crippen LogP contribution is 2.31. The number of para-hydroxylation sites is 1. The van der Waals surface area contributed by atoms with Crippen LogP contribution in [0.1, 0.15) is 44.5 Å². The molecule has 2 atom stereocenters. The third-order valence-corrected chi connectivity index (χ3v) is 4.42. The maximum atomic E-state index is 12.7. The number of nitrogens with zero attached hydrogens (tertiary/aromatic N) is 1. The molecule has 1 aliphatic heterocycles. The van der Waals surface area contributed by atoms with E-state index in [9.17, 15) is 9.59 Å². The van der Waals surface area contributed by atoms with Crippen LogP contribution in [0, 0.1) is 5.41 Å². The summed E-state index contributed by atoms with van der Waals surface area (Å²) >= 11 is 0. The van der Waals surface area contributed by atoms with Gasteiger partial charge in [-0.1, -0.05) is 45.0 Å². The molecule has 0 aliphatic carbocycles. The summed E-state index contributed by atoms with van der Waals surface area (Å²) in [4.78, 5) is 29.6. The van der Waals surface area contributed by atoms with Crippen molar-refractivity contribution in [1.29, 1.82) is 0 Å². The number of hydrogen-bond acceptors (Lipinski definition) is 4. The summed E-state index contributed by atoms with van der Waals surface area (Å²) in [5.74, 6) is -0.144. The lowest BCUT2D eigenvalue weighted by molar-refractivity contribution is -0.129. The van der Waals surface area contributed by atoms with Crippen molar-refractivity contribution in [3.8, 4) is 0 Å². The average molecular weight is 337 g/mol. The van der Waals surface area contributed by atoms with E-state index >= 15 is 0 Å². The minimum absolute atomic E-state index is 0.0471. The molecule has 0 radical (unpaired) electrons. The zero-order valence-electron chi connectivity index (χ0n) is 14.7. The van der Waals surface area contributed by atoms with Gasteiger partial charge in [-0.2, -0.15) is 0 Å². The number of pyridine rings is 1. The van der Waals surface area contributed by atoms with Gasteiger partial charge in [0.05, 0.1) is 17.8 Å². The maximum absolute atomic E-state index is 12.7. The number of carbonyl (C=O) groups excluding carboxylic acids is 2. The summed E-state index contributed by atoms with van der Waals surface area (Å²) in [7, 11) is 0. The Morgan fingerprint density at radius 1 is 1.12 bits per heavy atom. The topological polar surface area (TPSA) is 71.1 Å². The van der Waals surface area contributed by atoms with Crippen LogP contribution in [0.3, 0.4) is 0 Å². The first-order valence-electron chi connectivity index (χ1n) is 8.46. The van der Waals surface area contributed by atoms with Crippen LogP contribution in [0.4, 0.5) is 5.69 Å². The predicted molar refractivity (Wildman–Crippen MR) is 97.2 cm³/mol. The number of fused-ring (bicyclic) bond motifs is 1. The molecule has 5 heteroatoms. The molecule has 0 saturated heterocycles. The summed E-state index contributed by atoms with van der Waals surface area (Å²) < 4.78 is 0. The molecule has 1 aliphatic rings. The fourth-order valence-electron chi connectivity index (χ4n) is 2.88. The van der Waals surface area contributed by atoms with Crippen molar-refractivity contribution in [1.82, 2.24) is 10.3 Å². The number of nitrogens with one attached hydrogen (secondary N) is 2. The molecule has 25 heavy (non-hydrogen) atoms. The zero-order chi connectivity index (χ0) is 18.0. The molecule has 5 nitrogen and oxygen atoms in total. The second-order valence-corrected chi connectivity index (χ2v) is 7.36. The molecule has 1 aromatic heterocycles. The van der Waals surface area contributed by atoms with Crippen molar-refractivity contribution < 1.29 is 9.59 Å². The van der Waals surface area contributed by atoms with E-state index < -0.39 is 11.5 Å². The highest BCUT2D eigenvalue weighted by atomic mass is 16.2. The second-order valence-electron chi connectivity index (χ2n) is 7.36. The third kappa shape index (κ3) is 3.77. The molecule has 2 N–H and O–H groups in total. The van der Waals surface area contributed by atoms with Crippen LogP contribution in [-0.4, -0.2) is 22.7 Å². The van der Waals surface area contributed by atoms with E-state index in [4.69, 9.17) is 0 Å². The number of anilines is 1. The van der Waals surface area contributed by atoms with Crippen molar-refractivity contribution in [2.45, 2.75) is 39.3 Å². The predicted octanol–water partition coefficient (Wildman–Crippen LogP) is 3.09. The van der Waals surface area contributed by atoms with Gasteiger partial charge in [0.2, 0.25) is 5.91 Å². The van der Waals surface area contributed by atoms with Gasteiger partial charge in [0.1, 0.15) is 5.78 Å². The Kier molecular flexibility index (Phi) is 4.68. The molecule has 2 unspecified atom stereocenters. The molecule has 0 saturated carbocycles. The molecule has 3 rings (SSSR count). The molecule has 2 heterocycles. The lowest BCUT2D eigenvalue weighted by atomic mass is 9.86. The van der Waals surface area contributed by atoms with Gasteiger partial charge in [-0.3, -0.25) is 19.9 Å². The van der Waals surface area contributed by atoms with E-state index in [1.807, 2.05) is 63.2 Å². The Balaban J connectivity index is 1.97. The number of Topliss-reactive ketones (excluding diaryl/α,β-unsaturated/α-hetero) is 1. The summed E-state index contributed by atoms with van der Waals surface area (Å²) in [5.41, 5.74) is 2.03. The number of amides is 1. The Morgan fingerprint density at radius 3 is 2.52 bits per heavy atom. The Labute approximate surface area is 147 Å². The Hall–Kier alpha value is -2.53. The van der Waals surface area contributed by atoms with Crippen LogP contribution >= 0.6 is 0 Å². The molecule has 1 aromatic carbocycles. The van der Waals surface area contributed by atoms with Crippen LogP contribution in [0.5, 0.6) is 0 Å². The van der Waals surface area contributed by atoms with Crippen molar-refractivity contribution in [2.24, 2.45) is 5.41 Å². The molecule has 0 spiro atoms. The summed E-state index contributed by atoms with van der Waals surface area (Å²) in [6.45, 7) is 5.61. The lowest BCUT2D eigenvalue weighted by Crippen LogP contribution is -2.43. The lowest BCUT2D eigenvalue weighted by Gasteiger charge is -2.24. The van der Waals surface area contributed by atoms with E-state index in [1.54, 1.807) is 6.20 Å². The van der Waals surface area contributed by atoms with E-state index in [1.165, 1.54) is 0 Å². The van der Waals surface area contributed by atoms with Crippen LogP contribution in [-0.2, 0) is 9.59 Å². The van der Waals surface area contributed by atoms with Gasteiger partial charge in [0.25, 0.3) is 0 Å². The van der Waals surface area contributed by atoms with Crippen LogP contribution in [0.25, 0.3) is 0 Å². The largest absolute Gasteiger partial charge is 0.324 e. The average Bonchev–Trinajstić information content (AvgIpc) is 2.72. The van der Waals surface area contributed by atoms with Gasteiger partial charge < -0.3 is 5.32 Å². The van der Waals surface area contributed by atoms with Crippen LogP contribution in [0.2, 0.25) is 0 Å². The highest BCUT2D eigenvalue weighted by molar-refractivity contribution is 6.00. The fourth-order valence-corrected chi connectivity index (χ4v) is 2.88. The highest BCUT2D eigenvalue weighted by Gasteiger charge is 2.34. The molecular formula is C20H23N3O2. The normalized spacial score (nSPS) is 20.4. The van der Waals surface area contributed by atoms with E-state index in [-0.39, 0.29) is 24.2 Å². The molecule has 130 valence electrons. The molecule has 2 aromatic rings. The molecule has 0 bridgehead atoms. The number of hydrogen-bond donors (Lipinski definition) is 2. The van der Waals surface area contributed by atoms with Gasteiger partial charge in [-0.15, -0.1) is 0 Å². The Morgan fingerprint density at radius 2 is 1.84 bits per heavy atom. The quantitative estimate of drug-likeness (QED) is 0.903. The summed E-state index contributed by atoms with van der Waals surface area (Å²) in [5, 5.41) is 6.29. The fraction of sp³-hybridized carbons (Fsp3) is 0.350. The minimum atomic E-state index is -0.605. The van der Waals surface area contributed by atoms with E-state index in [0.717, 1.165) is 16.9 Å². The zero-order valence-corrected chi connectivity index (χ0v) is 14.7. The van der Waals surface area contributed by atoms with Crippen LogP contribution < -0.4 is 10.6 Å². The van der Waals surface area contributed by atoms with Gasteiger partial charge in [-0.05, 0) is 23.8 Å². The summed E-state index contributed by atoms with van der Waals surface area (Å²) in [6.07, 6.45) is 1.88. The minimum Gasteiger partial charge on any atom is -0.324 e. The number of carbonyl (C=O) groups is 2. The first kappa shape index (κ1) is 17.3. The monoisotopic (exact) mass is 337 g/mol. The molecule has 0 fully saturated rings. The van der Waals surface area contributed by atoms with Crippen molar-refractivity contribution in [3.63, 3.8) is 0 Å². The Bertz CT molecular complexity index is 781.